The van der Waals surface area contributed by atoms with Gasteiger partial charge in [-0.25, -0.2) is 4.98 Å². The molecule has 3 aromatic rings. The summed E-state index contributed by atoms with van der Waals surface area (Å²) in [5, 5.41) is 14.0. The van der Waals surface area contributed by atoms with Gasteiger partial charge in [0.15, 0.2) is 10.8 Å². The zero-order valence-corrected chi connectivity index (χ0v) is 16.1. The molecule has 0 aliphatic carbocycles. The van der Waals surface area contributed by atoms with Gasteiger partial charge >= 0.3 is 0 Å². The van der Waals surface area contributed by atoms with Crippen LogP contribution in [0.3, 0.4) is 0 Å². The zero-order chi connectivity index (χ0) is 19.5. The van der Waals surface area contributed by atoms with Gasteiger partial charge in [-0.2, -0.15) is 5.26 Å². The van der Waals surface area contributed by atoms with Crippen molar-refractivity contribution in [2.24, 2.45) is 0 Å². The smallest absolute Gasteiger partial charge is 0.274 e. The first-order chi connectivity index (χ1) is 13.7. The molecule has 7 nitrogen and oxygen atoms in total. The highest BCUT2D eigenvalue weighted by Crippen LogP contribution is 2.28. The maximum absolute atomic E-state index is 12.9. The summed E-state index contributed by atoms with van der Waals surface area (Å²) in [4.78, 5) is 31.5. The fourth-order valence-corrected chi connectivity index (χ4v) is 4.66. The number of amides is 2. The average molecular weight is 410 g/mol. The monoisotopic (exact) mass is 410 g/mol. The second-order valence-corrected chi connectivity index (χ2v) is 7.84. The van der Waals surface area contributed by atoms with Crippen molar-refractivity contribution < 1.29 is 14.0 Å². The van der Waals surface area contributed by atoms with Gasteiger partial charge in [0.25, 0.3) is 5.91 Å². The first-order valence-corrected chi connectivity index (χ1v) is 10.4. The molecule has 4 rings (SSSR count). The SMILES string of the molecule is N#Cc1ccc(NC(=O)C2CSCN2C(=O)c2csc(-c3ccco3)n2)cc1. The van der Waals surface area contributed by atoms with Crippen LogP contribution in [-0.2, 0) is 4.79 Å². The van der Waals surface area contributed by atoms with Crippen LogP contribution in [0.1, 0.15) is 16.1 Å². The van der Waals surface area contributed by atoms with Crippen molar-refractivity contribution in [1.29, 1.82) is 5.26 Å². The molecular weight excluding hydrogens is 396 g/mol. The number of carbonyl (C=O) groups excluding carboxylic acids is 2. The van der Waals surface area contributed by atoms with E-state index in [1.165, 1.54) is 28.0 Å². The van der Waals surface area contributed by atoms with Crippen LogP contribution in [0.2, 0.25) is 0 Å². The number of nitrogens with one attached hydrogen (secondary N) is 1. The van der Waals surface area contributed by atoms with Gasteiger partial charge < -0.3 is 14.6 Å². The number of thiazole rings is 1. The van der Waals surface area contributed by atoms with Gasteiger partial charge in [0, 0.05) is 16.8 Å². The molecule has 1 aromatic carbocycles. The number of benzene rings is 1. The van der Waals surface area contributed by atoms with Gasteiger partial charge in [0.05, 0.1) is 23.8 Å². The van der Waals surface area contributed by atoms with Crippen molar-refractivity contribution in [2.75, 3.05) is 16.9 Å². The van der Waals surface area contributed by atoms with E-state index in [0.29, 0.717) is 39.3 Å². The molecule has 140 valence electrons. The zero-order valence-electron chi connectivity index (χ0n) is 14.5. The molecule has 1 saturated heterocycles. The second-order valence-electron chi connectivity index (χ2n) is 5.98. The molecule has 9 heteroatoms. The number of thioether (sulfide) groups is 1. The Morgan fingerprint density at radius 3 is 2.82 bits per heavy atom. The Morgan fingerprint density at radius 2 is 2.11 bits per heavy atom. The van der Waals surface area contributed by atoms with E-state index in [9.17, 15) is 9.59 Å². The molecule has 2 aromatic heterocycles. The maximum Gasteiger partial charge on any atom is 0.274 e. The molecule has 0 bridgehead atoms. The van der Waals surface area contributed by atoms with E-state index in [-0.39, 0.29) is 11.8 Å². The molecule has 1 fully saturated rings. The van der Waals surface area contributed by atoms with Crippen LogP contribution < -0.4 is 5.32 Å². The molecule has 28 heavy (non-hydrogen) atoms. The van der Waals surface area contributed by atoms with E-state index >= 15 is 0 Å². The van der Waals surface area contributed by atoms with E-state index in [2.05, 4.69) is 10.3 Å². The van der Waals surface area contributed by atoms with Crippen molar-refractivity contribution in [1.82, 2.24) is 9.88 Å². The fraction of sp³-hybridized carbons (Fsp3) is 0.158. The topological polar surface area (TPSA) is 99.2 Å². The first-order valence-electron chi connectivity index (χ1n) is 8.35. The first kappa shape index (κ1) is 18.3. The highest BCUT2D eigenvalue weighted by molar-refractivity contribution is 7.99. The summed E-state index contributed by atoms with van der Waals surface area (Å²) >= 11 is 2.85. The second kappa shape index (κ2) is 7.88. The van der Waals surface area contributed by atoms with Crippen LogP contribution in [-0.4, -0.2) is 39.4 Å². The van der Waals surface area contributed by atoms with Gasteiger partial charge in [-0.3, -0.25) is 9.59 Å². The molecule has 1 atom stereocenters. The highest BCUT2D eigenvalue weighted by atomic mass is 32.2. The maximum atomic E-state index is 12.9. The Balaban J connectivity index is 1.47. The molecule has 0 radical (unpaired) electrons. The molecular formula is C19H14N4O3S2. The van der Waals surface area contributed by atoms with Crippen molar-refractivity contribution in [3.05, 3.63) is 59.3 Å². The van der Waals surface area contributed by atoms with Crippen molar-refractivity contribution in [3.63, 3.8) is 0 Å². The lowest BCUT2D eigenvalue weighted by atomic mass is 10.2. The molecule has 1 aliphatic heterocycles. The number of furan rings is 1. The Bertz CT molecular complexity index is 1040. The lowest BCUT2D eigenvalue weighted by Gasteiger charge is -2.22. The Labute approximate surface area is 169 Å². The van der Waals surface area contributed by atoms with Crippen LogP contribution in [0.25, 0.3) is 10.8 Å². The number of hydrogen-bond acceptors (Lipinski definition) is 7. The fourth-order valence-electron chi connectivity index (χ4n) is 2.75. The normalized spacial score (nSPS) is 16.0. The largest absolute Gasteiger partial charge is 0.462 e. The number of aromatic nitrogens is 1. The lowest BCUT2D eigenvalue weighted by Crippen LogP contribution is -2.44. The Hall–Kier alpha value is -3.09. The number of nitriles is 1. The van der Waals surface area contributed by atoms with Gasteiger partial charge in [0.1, 0.15) is 11.7 Å². The Morgan fingerprint density at radius 1 is 1.29 bits per heavy atom. The third-order valence-corrected chi connectivity index (χ3v) is 6.05. The van der Waals surface area contributed by atoms with Crippen molar-refractivity contribution >= 4 is 40.6 Å². The van der Waals surface area contributed by atoms with Crippen LogP contribution in [0.4, 0.5) is 5.69 Å². The van der Waals surface area contributed by atoms with Crippen LogP contribution in [0.5, 0.6) is 0 Å². The Kier molecular flexibility index (Phi) is 5.14. The summed E-state index contributed by atoms with van der Waals surface area (Å²) in [6.07, 6.45) is 1.55. The minimum absolute atomic E-state index is 0.260. The van der Waals surface area contributed by atoms with Gasteiger partial charge in [-0.15, -0.1) is 23.1 Å². The lowest BCUT2D eigenvalue weighted by molar-refractivity contribution is -0.119. The number of rotatable bonds is 4. The van der Waals surface area contributed by atoms with Crippen molar-refractivity contribution in [3.8, 4) is 16.8 Å². The average Bonchev–Trinajstić information content (AvgIpc) is 3.49. The summed E-state index contributed by atoms with van der Waals surface area (Å²) in [5.74, 6) is 1.01. The third-order valence-electron chi connectivity index (χ3n) is 4.18. The summed E-state index contributed by atoms with van der Waals surface area (Å²) in [6, 6.07) is 11.6. The summed E-state index contributed by atoms with van der Waals surface area (Å²) < 4.78 is 5.32. The number of nitrogens with zero attached hydrogens (tertiary/aromatic N) is 3. The van der Waals surface area contributed by atoms with Crippen molar-refractivity contribution in [2.45, 2.75) is 6.04 Å². The van der Waals surface area contributed by atoms with Crippen LogP contribution in [0, 0.1) is 11.3 Å². The van der Waals surface area contributed by atoms with Gasteiger partial charge in [-0.05, 0) is 36.4 Å². The van der Waals surface area contributed by atoms with Gasteiger partial charge in [0.2, 0.25) is 5.91 Å². The summed E-state index contributed by atoms with van der Waals surface area (Å²) in [7, 11) is 0. The number of anilines is 1. The van der Waals surface area contributed by atoms with Gasteiger partial charge in [-0.1, -0.05) is 0 Å². The molecule has 0 spiro atoms. The minimum atomic E-state index is -0.582. The highest BCUT2D eigenvalue weighted by Gasteiger charge is 2.36. The van der Waals surface area contributed by atoms with E-state index in [1.807, 2.05) is 6.07 Å². The number of carbonyl (C=O) groups is 2. The van der Waals surface area contributed by atoms with E-state index in [4.69, 9.17) is 9.68 Å². The number of hydrogen-bond donors (Lipinski definition) is 1. The standard InChI is InChI=1S/C19H14N4O3S2/c20-8-12-3-5-13(6-4-12)21-17(24)15-10-27-11-23(15)19(25)14-9-28-18(22-14)16-2-1-7-26-16/h1-7,9,15H,10-11H2,(H,21,24). The molecule has 1 N–H and O–H groups in total. The van der Waals surface area contributed by atoms with E-state index in [1.54, 1.807) is 48.0 Å². The van der Waals surface area contributed by atoms with E-state index in [0.717, 1.165) is 0 Å². The summed E-state index contributed by atoms with van der Waals surface area (Å²) in [5.41, 5.74) is 1.40. The van der Waals surface area contributed by atoms with Crippen LogP contribution in [0.15, 0.2) is 52.5 Å². The molecule has 2 amide bonds. The molecule has 0 saturated carbocycles. The quantitative estimate of drug-likeness (QED) is 0.707. The molecule has 3 heterocycles. The predicted molar refractivity (Wildman–Crippen MR) is 107 cm³/mol. The predicted octanol–water partition coefficient (Wildman–Crippen LogP) is 3.43. The third kappa shape index (κ3) is 3.65. The minimum Gasteiger partial charge on any atom is -0.462 e. The molecule has 1 unspecified atom stereocenters. The van der Waals surface area contributed by atoms with E-state index < -0.39 is 6.04 Å². The molecule has 1 aliphatic rings. The summed E-state index contributed by atoms with van der Waals surface area (Å²) in [6.45, 7) is 0. The van der Waals surface area contributed by atoms with Crippen LogP contribution >= 0.6 is 23.1 Å².